The second-order valence-electron chi connectivity index (χ2n) is 13.4. The molecular formula is C36H53N5O9S. The Balaban J connectivity index is 2.29. The molecule has 0 aliphatic heterocycles. The van der Waals surface area contributed by atoms with Gasteiger partial charge >= 0.3 is 5.97 Å². The van der Waals surface area contributed by atoms with Gasteiger partial charge in [-0.15, -0.1) is 0 Å². The van der Waals surface area contributed by atoms with Crippen molar-refractivity contribution in [3.05, 3.63) is 71.8 Å². The number of hydrogen-bond acceptors (Lipinski definition) is 8. The minimum absolute atomic E-state index is 0.0570. The molecule has 5 atom stereocenters. The number of carbonyl (C=O) groups is 5. The van der Waals surface area contributed by atoms with E-state index in [1.807, 2.05) is 19.9 Å². The fraction of sp³-hybridized carbons (Fsp3) is 0.528. The van der Waals surface area contributed by atoms with Crippen LogP contribution >= 0.6 is 0 Å². The maximum absolute atomic E-state index is 13.9. The zero-order valence-electron chi connectivity index (χ0n) is 29.9. The van der Waals surface area contributed by atoms with Crippen molar-refractivity contribution in [1.82, 2.24) is 26.6 Å². The van der Waals surface area contributed by atoms with Gasteiger partial charge in [-0.3, -0.25) is 28.5 Å². The summed E-state index contributed by atoms with van der Waals surface area (Å²) in [5.41, 5.74) is 1.44. The number of carboxylic acid groups (broad SMARTS) is 1. The van der Waals surface area contributed by atoms with Crippen LogP contribution in [0.15, 0.2) is 60.7 Å². The SMILES string of the molecule is CC(C)C[C@@H](NCCCCS(=O)(=O)O)C(=O)N[C@@H](C(=O)N[C@H](Cc1ccccc1)C(=O)N[C@H](Cc1ccccc1)C(=O)N[C@H](C)C(=O)O)C(C)C. The van der Waals surface area contributed by atoms with E-state index in [1.165, 1.54) is 6.92 Å². The van der Waals surface area contributed by atoms with Crippen LogP contribution in [-0.2, 0) is 46.9 Å². The van der Waals surface area contributed by atoms with Gasteiger partial charge in [-0.1, -0.05) is 88.4 Å². The first-order valence-electron chi connectivity index (χ1n) is 17.2. The third kappa shape index (κ3) is 16.5. The predicted octanol–water partition coefficient (Wildman–Crippen LogP) is 1.84. The second kappa shape index (κ2) is 21.1. The quantitative estimate of drug-likeness (QED) is 0.0688. The molecule has 7 N–H and O–H groups in total. The van der Waals surface area contributed by atoms with Crippen LogP contribution in [0.5, 0.6) is 0 Å². The lowest BCUT2D eigenvalue weighted by molar-refractivity contribution is -0.141. The maximum atomic E-state index is 13.9. The van der Waals surface area contributed by atoms with E-state index in [4.69, 9.17) is 4.55 Å². The van der Waals surface area contributed by atoms with Crippen LogP contribution in [0.4, 0.5) is 0 Å². The summed E-state index contributed by atoms with van der Waals surface area (Å²) in [6, 6.07) is 12.5. The molecular weight excluding hydrogens is 678 g/mol. The van der Waals surface area contributed by atoms with Crippen molar-refractivity contribution >= 4 is 39.7 Å². The Kier molecular flexibility index (Phi) is 17.7. The zero-order valence-corrected chi connectivity index (χ0v) is 30.7. The van der Waals surface area contributed by atoms with Crippen molar-refractivity contribution < 1.29 is 42.0 Å². The van der Waals surface area contributed by atoms with Crippen LogP contribution in [0.25, 0.3) is 0 Å². The van der Waals surface area contributed by atoms with Crippen molar-refractivity contribution in [2.24, 2.45) is 11.8 Å². The predicted molar refractivity (Wildman–Crippen MR) is 193 cm³/mol. The first kappa shape index (κ1) is 42.8. The number of benzene rings is 2. The number of amides is 4. The Morgan fingerprint density at radius 3 is 1.57 bits per heavy atom. The Morgan fingerprint density at radius 2 is 1.12 bits per heavy atom. The third-order valence-electron chi connectivity index (χ3n) is 8.05. The molecule has 0 aliphatic carbocycles. The number of hydrogen-bond donors (Lipinski definition) is 7. The summed E-state index contributed by atoms with van der Waals surface area (Å²) in [5.74, 6) is -4.36. The van der Waals surface area contributed by atoms with Crippen molar-refractivity contribution in [3.8, 4) is 0 Å². The average Bonchev–Trinajstić information content (AvgIpc) is 3.05. The third-order valence-corrected chi connectivity index (χ3v) is 8.86. The highest BCUT2D eigenvalue weighted by atomic mass is 32.2. The number of carboxylic acids is 1. The average molecular weight is 732 g/mol. The molecule has 0 fully saturated rings. The van der Waals surface area contributed by atoms with E-state index < -0.39 is 75.8 Å². The van der Waals surface area contributed by atoms with Crippen molar-refractivity contribution in [3.63, 3.8) is 0 Å². The second-order valence-corrected chi connectivity index (χ2v) is 15.0. The van der Waals surface area contributed by atoms with E-state index in [2.05, 4.69) is 26.6 Å². The highest BCUT2D eigenvalue weighted by Gasteiger charge is 2.33. The van der Waals surface area contributed by atoms with E-state index in [1.54, 1.807) is 68.4 Å². The molecule has 2 aromatic carbocycles. The monoisotopic (exact) mass is 731 g/mol. The van der Waals surface area contributed by atoms with Gasteiger partial charge in [-0.25, -0.2) is 0 Å². The van der Waals surface area contributed by atoms with Gasteiger partial charge in [0, 0.05) is 12.8 Å². The van der Waals surface area contributed by atoms with Crippen molar-refractivity contribution in [1.29, 1.82) is 0 Å². The first-order chi connectivity index (χ1) is 24.0. The van der Waals surface area contributed by atoms with Gasteiger partial charge in [0.05, 0.1) is 11.8 Å². The van der Waals surface area contributed by atoms with Crippen LogP contribution < -0.4 is 26.6 Å². The minimum Gasteiger partial charge on any atom is -0.480 e. The molecule has 14 nitrogen and oxygen atoms in total. The van der Waals surface area contributed by atoms with Crippen molar-refractivity contribution in [2.45, 2.75) is 96.9 Å². The molecule has 2 rings (SSSR count). The minimum atomic E-state index is -4.09. The standard InChI is InChI=1S/C36H53N5O9S/c1-23(2)20-28(37-18-12-13-19-51(48,49)50)32(42)41-31(24(3)4)35(45)40-30(22-27-16-10-7-11-17-27)34(44)39-29(21-26-14-8-6-9-15-26)33(43)38-25(5)36(46)47/h6-11,14-17,23-25,28-31,37H,12-13,18-22H2,1-5H3,(H,38,43)(H,39,44)(H,40,45)(H,41,42)(H,46,47)(H,48,49,50)/t25-,28-,29-,30-,31-/m1/s1. The molecule has 282 valence electrons. The van der Waals surface area contributed by atoms with E-state index >= 15 is 0 Å². The summed E-state index contributed by atoms with van der Waals surface area (Å²) >= 11 is 0. The summed E-state index contributed by atoms with van der Waals surface area (Å²) < 4.78 is 31.1. The molecule has 0 saturated carbocycles. The summed E-state index contributed by atoms with van der Waals surface area (Å²) in [5, 5.41) is 23.2. The molecule has 0 radical (unpaired) electrons. The highest BCUT2D eigenvalue weighted by molar-refractivity contribution is 7.85. The lowest BCUT2D eigenvalue weighted by Crippen LogP contribution is -2.60. The molecule has 0 aromatic heterocycles. The molecule has 0 bridgehead atoms. The van der Waals surface area contributed by atoms with Gasteiger partial charge in [0.15, 0.2) is 0 Å². The fourth-order valence-electron chi connectivity index (χ4n) is 5.26. The lowest BCUT2D eigenvalue weighted by atomic mass is 9.98. The van der Waals surface area contributed by atoms with Crippen molar-refractivity contribution in [2.75, 3.05) is 12.3 Å². The molecule has 0 heterocycles. The van der Waals surface area contributed by atoms with Crippen LogP contribution in [0.3, 0.4) is 0 Å². The van der Waals surface area contributed by atoms with E-state index in [0.29, 0.717) is 19.4 Å². The summed E-state index contributed by atoms with van der Waals surface area (Å²) in [6.45, 7) is 9.00. The summed E-state index contributed by atoms with van der Waals surface area (Å²) in [7, 11) is -4.09. The highest BCUT2D eigenvalue weighted by Crippen LogP contribution is 2.11. The summed E-state index contributed by atoms with van der Waals surface area (Å²) in [4.78, 5) is 66.0. The Labute approximate surface area is 300 Å². The molecule has 51 heavy (non-hydrogen) atoms. The molecule has 0 spiro atoms. The van der Waals surface area contributed by atoms with Gasteiger partial charge in [0.2, 0.25) is 23.6 Å². The van der Waals surface area contributed by atoms with Crippen LogP contribution in [-0.4, -0.2) is 90.2 Å². The van der Waals surface area contributed by atoms with Gasteiger partial charge in [0.1, 0.15) is 24.2 Å². The van der Waals surface area contributed by atoms with Crippen LogP contribution in [0.2, 0.25) is 0 Å². The van der Waals surface area contributed by atoms with Crippen LogP contribution in [0, 0.1) is 11.8 Å². The number of rotatable bonds is 22. The topological polar surface area (TPSA) is 220 Å². The Bertz CT molecular complexity index is 1540. The number of carbonyl (C=O) groups excluding carboxylic acids is 4. The lowest BCUT2D eigenvalue weighted by Gasteiger charge is -2.29. The zero-order chi connectivity index (χ0) is 38.1. The van der Waals surface area contributed by atoms with Crippen LogP contribution in [0.1, 0.15) is 65.0 Å². The smallest absolute Gasteiger partial charge is 0.325 e. The van der Waals surface area contributed by atoms with Gasteiger partial charge in [0.25, 0.3) is 10.1 Å². The van der Waals surface area contributed by atoms with Gasteiger partial charge in [-0.05, 0) is 55.7 Å². The first-order valence-corrected chi connectivity index (χ1v) is 18.8. The molecule has 0 saturated heterocycles. The molecule has 0 aliphatic rings. The van der Waals surface area contributed by atoms with E-state index in [-0.39, 0.29) is 30.9 Å². The van der Waals surface area contributed by atoms with Gasteiger partial charge < -0.3 is 31.7 Å². The molecule has 0 unspecified atom stereocenters. The normalized spacial score (nSPS) is 14.5. The number of unbranched alkanes of at least 4 members (excludes halogenated alkanes) is 1. The fourth-order valence-corrected chi connectivity index (χ4v) is 5.83. The number of aliphatic carboxylic acids is 1. The molecule has 2 aromatic rings. The largest absolute Gasteiger partial charge is 0.480 e. The van der Waals surface area contributed by atoms with Gasteiger partial charge in [-0.2, -0.15) is 8.42 Å². The van der Waals surface area contributed by atoms with E-state index in [9.17, 15) is 37.5 Å². The van der Waals surface area contributed by atoms with E-state index in [0.717, 1.165) is 11.1 Å². The Hall–Kier alpha value is -4.34. The summed E-state index contributed by atoms with van der Waals surface area (Å²) in [6.07, 6.45) is 1.15. The Morgan fingerprint density at radius 1 is 0.647 bits per heavy atom. The number of nitrogens with one attached hydrogen (secondary N) is 5. The molecule has 15 heteroatoms. The molecule has 4 amide bonds. The maximum Gasteiger partial charge on any atom is 0.325 e.